The first kappa shape index (κ1) is 11.5. The third-order valence-corrected chi connectivity index (χ3v) is 2.55. The molecule has 0 spiro atoms. The molecule has 2 N–H and O–H groups in total. The summed E-state index contributed by atoms with van der Waals surface area (Å²) >= 11 is 0. The summed E-state index contributed by atoms with van der Waals surface area (Å²) in [6, 6.07) is 1.72. The van der Waals surface area contributed by atoms with Crippen molar-refractivity contribution in [3.8, 4) is 5.82 Å². The summed E-state index contributed by atoms with van der Waals surface area (Å²) in [7, 11) is 1.60. The number of hydrogen-bond acceptors (Lipinski definition) is 5. The molecule has 0 saturated carbocycles. The Morgan fingerprint density at radius 3 is 2.71 bits per heavy atom. The van der Waals surface area contributed by atoms with E-state index < -0.39 is 0 Å². The molecule has 2 rings (SSSR count). The van der Waals surface area contributed by atoms with Gasteiger partial charge in [0.15, 0.2) is 5.82 Å². The van der Waals surface area contributed by atoms with Crippen molar-refractivity contribution in [2.45, 2.75) is 20.5 Å². The number of hydrogen-bond donors (Lipinski definition) is 1. The fourth-order valence-electron chi connectivity index (χ4n) is 1.55. The lowest BCUT2D eigenvalue weighted by Crippen LogP contribution is -2.07. The van der Waals surface area contributed by atoms with Crippen molar-refractivity contribution in [1.82, 2.24) is 19.5 Å². The zero-order chi connectivity index (χ0) is 12.4. The van der Waals surface area contributed by atoms with Crippen molar-refractivity contribution >= 4 is 5.82 Å². The van der Waals surface area contributed by atoms with Gasteiger partial charge < -0.3 is 10.5 Å². The van der Waals surface area contributed by atoms with Crippen LogP contribution in [-0.4, -0.2) is 26.6 Å². The second kappa shape index (κ2) is 4.50. The summed E-state index contributed by atoms with van der Waals surface area (Å²) in [5, 5.41) is 0. The highest BCUT2D eigenvalue weighted by molar-refractivity contribution is 5.39. The molecule has 0 atom stereocenters. The highest BCUT2D eigenvalue weighted by Crippen LogP contribution is 2.13. The van der Waals surface area contributed by atoms with Crippen LogP contribution in [-0.2, 0) is 11.3 Å². The highest BCUT2D eigenvalue weighted by Gasteiger charge is 2.08. The number of aryl methyl sites for hydroxylation is 1. The summed E-state index contributed by atoms with van der Waals surface area (Å²) in [5.41, 5.74) is 7.75. The zero-order valence-electron chi connectivity index (χ0n) is 10.1. The molecule has 6 heteroatoms. The molecule has 0 fully saturated rings. The Labute approximate surface area is 99.5 Å². The molecule has 2 heterocycles. The van der Waals surface area contributed by atoms with Crippen LogP contribution < -0.4 is 5.73 Å². The van der Waals surface area contributed by atoms with Crippen LogP contribution in [0, 0.1) is 13.8 Å². The molecule has 0 aliphatic heterocycles. The van der Waals surface area contributed by atoms with E-state index in [4.69, 9.17) is 10.5 Å². The number of nitrogens with two attached hydrogens (primary N) is 1. The van der Waals surface area contributed by atoms with E-state index in [1.165, 1.54) is 0 Å². The van der Waals surface area contributed by atoms with Crippen molar-refractivity contribution in [1.29, 1.82) is 0 Å². The lowest BCUT2D eigenvalue weighted by molar-refractivity contribution is 0.178. The molecule has 0 unspecified atom stereocenters. The van der Waals surface area contributed by atoms with Gasteiger partial charge in [-0.15, -0.1) is 0 Å². The number of methoxy groups -OCH3 is 1. The van der Waals surface area contributed by atoms with E-state index in [1.807, 2.05) is 18.4 Å². The molecule has 2 aromatic heterocycles. The van der Waals surface area contributed by atoms with Crippen molar-refractivity contribution in [2.75, 3.05) is 12.8 Å². The maximum absolute atomic E-state index is 5.74. The van der Waals surface area contributed by atoms with Gasteiger partial charge in [0, 0.05) is 18.9 Å². The third kappa shape index (κ3) is 2.26. The van der Waals surface area contributed by atoms with Gasteiger partial charge in [-0.3, -0.25) is 4.57 Å². The van der Waals surface area contributed by atoms with Gasteiger partial charge in [0.1, 0.15) is 24.6 Å². The molecular weight excluding hydrogens is 218 g/mol. The fraction of sp³-hybridized carbons (Fsp3) is 0.364. The van der Waals surface area contributed by atoms with E-state index in [0.717, 1.165) is 11.4 Å². The van der Waals surface area contributed by atoms with Gasteiger partial charge in [-0.05, 0) is 13.8 Å². The first-order chi connectivity index (χ1) is 8.11. The molecule has 0 radical (unpaired) electrons. The van der Waals surface area contributed by atoms with E-state index in [2.05, 4.69) is 15.0 Å². The number of aromatic nitrogens is 4. The van der Waals surface area contributed by atoms with Crippen LogP contribution in [0.2, 0.25) is 0 Å². The van der Waals surface area contributed by atoms with Crippen LogP contribution in [0.4, 0.5) is 5.82 Å². The van der Waals surface area contributed by atoms with Crippen molar-refractivity contribution < 1.29 is 4.74 Å². The Bertz CT molecular complexity index is 535. The highest BCUT2D eigenvalue weighted by atomic mass is 16.5. The van der Waals surface area contributed by atoms with Crippen LogP contribution in [0.5, 0.6) is 0 Å². The Balaban J connectivity index is 2.48. The summed E-state index contributed by atoms with van der Waals surface area (Å²) in [4.78, 5) is 12.7. The number of ether oxygens (including phenoxy) is 1. The van der Waals surface area contributed by atoms with Crippen molar-refractivity contribution in [3.05, 3.63) is 29.6 Å². The largest absolute Gasteiger partial charge is 0.384 e. The lowest BCUT2D eigenvalue weighted by atomic mass is 10.4. The van der Waals surface area contributed by atoms with E-state index >= 15 is 0 Å². The third-order valence-electron chi connectivity index (χ3n) is 2.55. The standard InChI is InChI=1S/C11H15N5O/c1-7-8(2)16(6-13-7)11-4-9(12)14-10(15-11)5-17-3/h4,6H,5H2,1-3H3,(H2,12,14,15). The Kier molecular flexibility index (Phi) is 3.06. The lowest BCUT2D eigenvalue weighted by Gasteiger charge is -2.07. The molecule has 0 amide bonds. The molecule has 0 bridgehead atoms. The van der Waals surface area contributed by atoms with Crippen LogP contribution in [0.3, 0.4) is 0 Å². The number of rotatable bonds is 3. The molecule has 0 saturated heterocycles. The van der Waals surface area contributed by atoms with Crippen molar-refractivity contribution in [2.24, 2.45) is 0 Å². The van der Waals surface area contributed by atoms with Crippen molar-refractivity contribution in [3.63, 3.8) is 0 Å². The van der Waals surface area contributed by atoms with Gasteiger partial charge in [0.2, 0.25) is 0 Å². The minimum Gasteiger partial charge on any atom is -0.384 e. The minimum atomic E-state index is 0.338. The summed E-state index contributed by atoms with van der Waals surface area (Å²) in [6.45, 7) is 4.27. The minimum absolute atomic E-state index is 0.338. The van der Waals surface area contributed by atoms with E-state index in [0.29, 0.717) is 24.1 Å². The van der Waals surface area contributed by atoms with Crippen LogP contribution in [0.25, 0.3) is 5.82 Å². The number of anilines is 1. The predicted octanol–water partition coefficient (Wildman–Crippen LogP) is 1.01. The van der Waals surface area contributed by atoms with Gasteiger partial charge in [-0.25, -0.2) is 15.0 Å². The number of nitrogens with zero attached hydrogens (tertiary/aromatic N) is 4. The zero-order valence-corrected chi connectivity index (χ0v) is 10.1. The molecule has 0 aliphatic rings. The van der Waals surface area contributed by atoms with Gasteiger partial charge in [0.05, 0.1) is 5.69 Å². The molecule has 0 aromatic carbocycles. The van der Waals surface area contributed by atoms with E-state index in [9.17, 15) is 0 Å². The molecule has 2 aromatic rings. The Hall–Kier alpha value is -1.95. The van der Waals surface area contributed by atoms with E-state index in [-0.39, 0.29) is 0 Å². The van der Waals surface area contributed by atoms with Crippen LogP contribution >= 0.6 is 0 Å². The molecule has 17 heavy (non-hydrogen) atoms. The predicted molar refractivity (Wildman–Crippen MR) is 63.8 cm³/mol. The van der Waals surface area contributed by atoms with Gasteiger partial charge in [-0.2, -0.15) is 0 Å². The fourth-order valence-corrected chi connectivity index (χ4v) is 1.55. The molecular formula is C11H15N5O. The molecule has 6 nitrogen and oxygen atoms in total. The second-order valence-electron chi connectivity index (χ2n) is 3.79. The summed E-state index contributed by atoms with van der Waals surface area (Å²) in [5.74, 6) is 1.70. The smallest absolute Gasteiger partial charge is 0.158 e. The van der Waals surface area contributed by atoms with E-state index in [1.54, 1.807) is 19.5 Å². The molecule has 0 aliphatic carbocycles. The monoisotopic (exact) mass is 233 g/mol. The topological polar surface area (TPSA) is 78.9 Å². The van der Waals surface area contributed by atoms with Gasteiger partial charge >= 0.3 is 0 Å². The molecule has 90 valence electrons. The average molecular weight is 233 g/mol. The Morgan fingerprint density at radius 1 is 1.35 bits per heavy atom. The van der Waals surface area contributed by atoms with Gasteiger partial charge in [-0.1, -0.05) is 0 Å². The van der Waals surface area contributed by atoms with Gasteiger partial charge in [0.25, 0.3) is 0 Å². The number of nitrogen functional groups attached to an aromatic ring is 1. The van der Waals surface area contributed by atoms with Crippen LogP contribution in [0.1, 0.15) is 17.2 Å². The summed E-state index contributed by atoms with van der Waals surface area (Å²) in [6.07, 6.45) is 1.73. The van der Waals surface area contributed by atoms with Crippen LogP contribution in [0.15, 0.2) is 12.4 Å². The summed E-state index contributed by atoms with van der Waals surface area (Å²) < 4.78 is 6.89. The maximum atomic E-state index is 5.74. The quantitative estimate of drug-likeness (QED) is 0.855. The SMILES string of the molecule is COCc1nc(N)cc(-n2cnc(C)c2C)n1. The normalized spacial score (nSPS) is 10.8. The first-order valence-corrected chi connectivity index (χ1v) is 5.25. The second-order valence-corrected chi connectivity index (χ2v) is 3.79. The maximum Gasteiger partial charge on any atom is 0.158 e. The first-order valence-electron chi connectivity index (χ1n) is 5.25. The average Bonchev–Trinajstić information content (AvgIpc) is 2.59. The Morgan fingerprint density at radius 2 is 2.12 bits per heavy atom. The number of imidazole rings is 1.